The minimum atomic E-state index is -0.212. The van der Waals surface area contributed by atoms with Gasteiger partial charge in [0.05, 0.1) is 11.2 Å². The maximum absolute atomic E-state index is 12.1. The summed E-state index contributed by atoms with van der Waals surface area (Å²) in [7, 11) is 0. The zero-order valence-corrected chi connectivity index (χ0v) is 14.6. The van der Waals surface area contributed by atoms with E-state index in [0.29, 0.717) is 12.5 Å². The minimum Gasteiger partial charge on any atom is -0.445 e. The number of rotatable bonds is 3. The molecule has 2 aromatic rings. The number of carbonyl (C=O) groups excluding carboxylic acids is 1. The first-order valence-corrected chi connectivity index (χ1v) is 9.11. The number of aromatic nitrogens is 1. The van der Waals surface area contributed by atoms with Gasteiger partial charge in [0, 0.05) is 24.4 Å². The van der Waals surface area contributed by atoms with Crippen molar-refractivity contribution in [1.29, 1.82) is 0 Å². The van der Waals surface area contributed by atoms with E-state index in [-0.39, 0.29) is 6.09 Å². The van der Waals surface area contributed by atoms with Crippen LogP contribution in [0.15, 0.2) is 41.2 Å². The lowest BCUT2D eigenvalue weighted by Crippen LogP contribution is -2.38. The predicted octanol–water partition coefficient (Wildman–Crippen LogP) is 4.69. The molecule has 1 aliphatic rings. The number of amides is 1. The summed E-state index contributed by atoms with van der Waals surface area (Å²) in [6.07, 6.45) is 1.71. The number of ether oxygens (including phenoxy) is 1. The van der Waals surface area contributed by atoms with Gasteiger partial charge in [0.2, 0.25) is 0 Å². The first-order chi connectivity index (χ1) is 11.3. The molecule has 2 heterocycles. The van der Waals surface area contributed by atoms with Gasteiger partial charge in [0.1, 0.15) is 6.61 Å². The number of carbonyl (C=O) groups is 1. The maximum Gasteiger partial charge on any atom is 0.410 e. The molecule has 1 fully saturated rings. The summed E-state index contributed by atoms with van der Waals surface area (Å²) < 4.78 is 5.37. The topological polar surface area (TPSA) is 42.4 Å². The number of hydrogen-bond donors (Lipinski definition) is 0. The summed E-state index contributed by atoms with van der Waals surface area (Å²) in [6, 6.07) is 9.77. The zero-order chi connectivity index (χ0) is 16.5. The molecular formula is C18H24N2O2S. The van der Waals surface area contributed by atoms with E-state index in [1.54, 1.807) is 16.2 Å². The van der Waals surface area contributed by atoms with Crippen molar-refractivity contribution in [3.8, 4) is 0 Å². The van der Waals surface area contributed by atoms with Gasteiger partial charge < -0.3 is 9.64 Å². The van der Waals surface area contributed by atoms with E-state index < -0.39 is 0 Å². The molecule has 1 aromatic carbocycles. The van der Waals surface area contributed by atoms with Crippen LogP contribution < -0.4 is 0 Å². The van der Waals surface area contributed by atoms with Crippen LogP contribution in [0.25, 0.3) is 0 Å². The molecule has 0 N–H and O–H groups in total. The Morgan fingerprint density at radius 2 is 1.96 bits per heavy atom. The van der Waals surface area contributed by atoms with Gasteiger partial charge in [-0.05, 0) is 18.4 Å². The van der Waals surface area contributed by atoms with Crippen LogP contribution >= 0.6 is 11.3 Å². The molecule has 0 saturated carbocycles. The first-order valence-electron chi connectivity index (χ1n) is 8.16. The quantitative estimate of drug-likeness (QED) is 0.819. The predicted molar refractivity (Wildman–Crippen MR) is 93.6 cm³/mol. The molecule has 0 bridgehead atoms. The van der Waals surface area contributed by atoms with E-state index in [2.05, 4.69) is 10.4 Å². The second kappa shape index (κ2) is 9.30. The largest absolute Gasteiger partial charge is 0.445 e. The fraction of sp³-hybridized carbons (Fsp3) is 0.444. The first kappa shape index (κ1) is 17.5. The van der Waals surface area contributed by atoms with Crippen molar-refractivity contribution in [2.45, 2.75) is 39.2 Å². The summed E-state index contributed by atoms with van der Waals surface area (Å²) in [5.41, 5.74) is 4.05. The fourth-order valence-corrected chi connectivity index (χ4v) is 3.23. The smallest absolute Gasteiger partial charge is 0.410 e. The van der Waals surface area contributed by atoms with Crippen LogP contribution in [-0.4, -0.2) is 29.1 Å². The van der Waals surface area contributed by atoms with Gasteiger partial charge in [-0.15, -0.1) is 11.3 Å². The molecule has 3 rings (SSSR count). The van der Waals surface area contributed by atoms with E-state index in [0.717, 1.165) is 37.2 Å². The molecule has 124 valence electrons. The molecule has 4 nitrogen and oxygen atoms in total. The van der Waals surface area contributed by atoms with Gasteiger partial charge in [0.25, 0.3) is 0 Å². The standard InChI is InChI=1S/C16H18N2O2S.C2H6/c19-16(20-10-13-4-2-1-3-5-13)18-8-6-14(7-9-18)15-11-21-12-17-15;1-2/h1-5,11-12,14H,6-10H2;1-2H3. The summed E-state index contributed by atoms with van der Waals surface area (Å²) in [5.74, 6) is 0.481. The molecule has 1 amide bonds. The van der Waals surface area contributed by atoms with Crippen LogP contribution in [0.2, 0.25) is 0 Å². The molecule has 1 aromatic heterocycles. The number of nitrogens with zero attached hydrogens (tertiary/aromatic N) is 2. The van der Waals surface area contributed by atoms with Crippen LogP contribution in [0, 0.1) is 0 Å². The lowest BCUT2D eigenvalue weighted by molar-refractivity contribution is 0.0868. The molecule has 0 atom stereocenters. The molecule has 0 aliphatic carbocycles. The number of hydrogen-bond acceptors (Lipinski definition) is 4. The van der Waals surface area contributed by atoms with Crippen molar-refractivity contribution in [2.75, 3.05) is 13.1 Å². The van der Waals surface area contributed by atoms with E-state index in [1.165, 1.54) is 0 Å². The van der Waals surface area contributed by atoms with E-state index in [9.17, 15) is 4.79 Å². The van der Waals surface area contributed by atoms with Crippen LogP contribution in [-0.2, 0) is 11.3 Å². The third-order valence-electron chi connectivity index (χ3n) is 3.83. The average Bonchev–Trinajstić information content (AvgIpc) is 3.17. The second-order valence-electron chi connectivity index (χ2n) is 5.21. The van der Waals surface area contributed by atoms with Gasteiger partial charge >= 0.3 is 6.09 Å². The van der Waals surface area contributed by atoms with Crippen molar-refractivity contribution in [3.63, 3.8) is 0 Å². The zero-order valence-electron chi connectivity index (χ0n) is 13.8. The van der Waals surface area contributed by atoms with Crippen molar-refractivity contribution in [2.24, 2.45) is 0 Å². The van der Waals surface area contributed by atoms with Gasteiger partial charge in [-0.3, -0.25) is 0 Å². The molecular weight excluding hydrogens is 308 g/mol. The highest BCUT2D eigenvalue weighted by molar-refractivity contribution is 7.07. The highest BCUT2D eigenvalue weighted by atomic mass is 32.1. The van der Waals surface area contributed by atoms with Crippen LogP contribution in [0.5, 0.6) is 0 Å². The van der Waals surface area contributed by atoms with Gasteiger partial charge in [-0.2, -0.15) is 0 Å². The Balaban J connectivity index is 0.000000924. The lowest BCUT2D eigenvalue weighted by Gasteiger charge is -2.30. The Bertz CT molecular complexity index is 564. The molecule has 1 saturated heterocycles. The Hall–Kier alpha value is -1.88. The molecule has 0 unspecified atom stereocenters. The van der Waals surface area contributed by atoms with Crippen LogP contribution in [0.1, 0.15) is 43.9 Å². The fourth-order valence-electron chi connectivity index (χ4n) is 2.59. The normalized spacial score (nSPS) is 14.8. The van der Waals surface area contributed by atoms with Gasteiger partial charge in [-0.1, -0.05) is 44.2 Å². The highest BCUT2D eigenvalue weighted by Gasteiger charge is 2.25. The summed E-state index contributed by atoms with van der Waals surface area (Å²) in [4.78, 5) is 18.2. The summed E-state index contributed by atoms with van der Waals surface area (Å²) in [6.45, 7) is 5.83. The lowest BCUT2D eigenvalue weighted by atomic mass is 9.94. The van der Waals surface area contributed by atoms with Crippen LogP contribution in [0.3, 0.4) is 0 Å². The number of likely N-dealkylation sites (tertiary alicyclic amines) is 1. The number of benzene rings is 1. The minimum absolute atomic E-state index is 0.212. The van der Waals surface area contributed by atoms with Crippen molar-refractivity contribution in [3.05, 3.63) is 52.5 Å². The maximum atomic E-state index is 12.1. The third-order valence-corrected chi connectivity index (χ3v) is 4.43. The van der Waals surface area contributed by atoms with Crippen molar-refractivity contribution >= 4 is 17.4 Å². The van der Waals surface area contributed by atoms with Crippen molar-refractivity contribution in [1.82, 2.24) is 9.88 Å². The Labute approximate surface area is 142 Å². The number of thiazole rings is 1. The van der Waals surface area contributed by atoms with E-state index in [1.807, 2.05) is 49.7 Å². The average molecular weight is 332 g/mol. The SMILES string of the molecule is CC.O=C(OCc1ccccc1)N1CCC(c2cscn2)CC1. The third kappa shape index (κ3) is 5.06. The summed E-state index contributed by atoms with van der Waals surface area (Å²) >= 11 is 1.63. The Morgan fingerprint density at radius 1 is 1.26 bits per heavy atom. The molecule has 1 aliphatic heterocycles. The molecule has 0 spiro atoms. The Morgan fingerprint density at radius 3 is 2.57 bits per heavy atom. The monoisotopic (exact) mass is 332 g/mol. The molecule has 23 heavy (non-hydrogen) atoms. The molecule has 5 heteroatoms. The van der Waals surface area contributed by atoms with Gasteiger partial charge in [-0.25, -0.2) is 9.78 Å². The van der Waals surface area contributed by atoms with Crippen LogP contribution in [0.4, 0.5) is 4.79 Å². The van der Waals surface area contributed by atoms with Crippen molar-refractivity contribution < 1.29 is 9.53 Å². The molecule has 0 radical (unpaired) electrons. The van der Waals surface area contributed by atoms with Gasteiger partial charge in [0.15, 0.2) is 0 Å². The Kier molecular flexibility index (Phi) is 7.07. The highest BCUT2D eigenvalue weighted by Crippen LogP contribution is 2.27. The number of piperidine rings is 1. The van der Waals surface area contributed by atoms with E-state index >= 15 is 0 Å². The second-order valence-corrected chi connectivity index (χ2v) is 5.93. The van der Waals surface area contributed by atoms with E-state index in [4.69, 9.17) is 4.74 Å². The summed E-state index contributed by atoms with van der Waals surface area (Å²) in [5, 5.41) is 2.11.